The molecule has 0 aromatic rings. The lowest BCUT2D eigenvalue weighted by atomic mass is 9.96. The average Bonchev–Trinajstić information content (AvgIpc) is 3.04. The van der Waals surface area contributed by atoms with Crippen molar-refractivity contribution in [3.05, 3.63) is 0 Å². The second-order valence-corrected chi connectivity index (χ2v) is 11.7. The molecular weight excluding hydrogens is 646 g/mol. The average molecular weight is 694 g/mol. The van der Waals surface area contributed by atoms with Crippen LogP contribution >= 0.6 is 0 Å². The molecule has 14 N–H and O–H groups in total. The van der Waals surface area contributed by atoms with Crippen molar-refractivity contribution in [3.8, 4) is 0 Å². The first kappa shape index (κ1) is 40.1. The zero-order valence-electron chi connectivity index (χ0n) is 25.5. The third-order valence-corrected chi connectivity index (χ3v) is 8.21. The van der Waals surface area contributed by atoms with E-state index < -0.39 is 149 Å². The smallest absolute Gasteiger partial charge is 0.217 e. The second-order valence-electron chi connectivity index (χ2n) is 11.7. The molecular formula is C26H47NO20. The molecule has 19 atom stereocenters. The Kier molecular flexibility index (Phi) is 15.0. The summed E-state index contributed by atoms with van der Waals surface area (Å²) in [6, 6.07) is -1.53. The molecule has 0 spiro atoms. The highest BCUT2D eigenvalue weighted by molar-refractivity contribution is 5.73. The molecule has 21 nitrogen and oxygen atoms in total. The molecule has 3 aliphatic heterocycles. The summed E-state index contributed by atoms with van der Waals surface area (Å²) in [5.74, 6) is -0.738. The summed E-state index contributed by atoms with van der Waals surface area (Å²) in [5.41, 5.74) is 0. The highest BCUT2D eigenvalue weighted by Crippen LogP contribution is 2.31. The fraction of sp³-hybridized carbons (Fsp3) is 0.962. The lowest BCUT2D eigenvalue weighted by molar-refractivity contribution is -0.373. The Labute approximate surface area is 268 Å². The van der Waals surface area contributed by atoms with E-state index in [-0.39, 0.29) is 0 Å². The van der Waals surface area contributed by atoms with E-state index >= 15 is 0 Å². The fourth-order valence-electron chi connectivity index (χ4n) is 5.37. The minimum atomic E-state index is -2.13. The molecule has 0 saturated carbocycles. The first-order valence-electron chi connectivity index (χ1n) is 14.9. The van der Waals surface area contributed by atoms with Crippen LogP contribution in [0.1, 0.15) is 13.8 Å². The zero-order chi connectivity index (χ0) is 35.3. The Balaban J connectivity index is 1.85. The van der Waals surface area contributed by atoms with Crippen LogP contribution in [0.3, 0.4) is 0 Å². The third-order valence-electron chi connectivity index (χ3n) is 8.21. The Morgan fingerprint density at radius 2 is 1.26 bits per heavy atom. The van der Waals surface area contributed by atoms with Crippen molar-refractivity contribution in [3.63, 3.8) is 0 Å². The maximum absolute atomic E-state index is 11.9. The van der Waals surface area contributed by atoms with Gasteiger partial charge in [-0.25, -0.2) is 0 Å². The van der Waals surface area contributed by atoms with Gasteiger partial charge < -0.3 is 100 Å². The van der Waals surface area contributed by atoms with Gasteiger partial charge >= 0.3 is 0 Å². The van der Waals surface area contributed by atoms with E-state index in [1.807, 2.05) is 0 Å². The van der Waals surface area contributed by atoms with Gasteiger partial charge in [-0.15, -0.1) is 0 Å². The van der Waals surface area contributed by atoms with Gasteiger partial charge in [-0.1, -0.05) is 0 Å². The van der Waals surface area contributed by atoms with Gasteiger partial charge in [0.15, 0.2) is 18.9 Å². The van der Waals surface area contributed by atoms with Gasteiger partial charge in [-0.05, 0) is 6.92 Å². The predicted octanol–water partition coefficient (Wildman–Crippen LogP) is -8.94. The monoisotopic (exact) mass is 693 g/mol. The standard InChI is InChI=1S/C26H47NO20/c1-7-13(33)17(37)21(41)25(43-7)47-23-19(39)16(36)12(5-30)45-26(23)46-22(9(3-28)27-8(2)31)14(34)10(32)6-42-24-20(40)18(38)15(35)11(4-29)44-24/h7,9-26,28-30,32-41H,3-6H2,1-2H3,(H,27,31)/t7-,9-,10+,11+,12+,13+,14-,15-,16-,17+,18-,19-,20+,21-,22+,23+,24+,25-,26-/m0/s1. The molecule has 47 heavy (non-hydrogen) atoms. The van der Waals surface area contributed by atoms with E-state index in [2.05, 4.69) is 5.32 Å². The summed E-state index contributed by atoms with van der Waals surface area (Å²) in [6.45, 7) is -1.07. The topological polar surface area (TPSA) is 347 Å². The third kappa shape index (κ3) is 9.29. The molecule has 3 aliphatic rings. The molecule has 3 saturated heterocycles. The van der Waals surface area contributed by atoms with Crippen molar-refractivity contribution in [2.75, 3.05) is 26.4 Å². The Morgan fingerprint density at radius 3 is 1.81 bits per heavy atom. The van der Waals surface area contributed by atoms with E-state index in [1.165, 1.54) is 6.92 Å². The molecule has 21 heteroatoms. The minimum Gasteiger partial charge on any atom is -0.394 e. The van der Waals surface area contributed by atoms with Crippen molar-refractivity contribution in [2.24, 2.45) is 0 Å². The second kappa shape index (κ2) is 17.6. The molecule has 276 valence electrons. The van der Waals surface area contributed by atoms with Crippen LogP contribution in [0.2, 0.25) is 0 Å². The lowest BCUT2D eigenvalue weighted by Gasteiger charge is -2.47. The van der Waals surface area contributed by atoms with Crippen LogP contribution in [0.25, 0.3) is 0 Å². The van der Waals surface area contributed by atoms with Crippen LogP contribution < -0.4 is 5.32 Å². The summed E-state index contributed by atoms with van der Waals surface area (Å²) in [5, 5.41) is 136. The van der Waals surface area contributed by atoms with Crippen LogP contribution in [0, 0.1) is 0 Å². The molecule has 3 rings (SSSR count). The predicted molar refractivity (Wildman–Crippen MR) is 146 cm³/mol. The number of rotatable bonds is 14. The van der Waals surface area contributed by atoms with Gasteiger partial charge in [0, 0.05) is 6.92 Å². The SMILES string of the molecule is CC(=O)N[C@@H](CO)[C@@H](O[C@@H]1O[C@H](CO)[C@H](O)[C@H](O)[C@H]1O[C@@H]1O[C@@H](C)[C@@H](O)[C@@H](O)[C@@H]1O)[C@@H](O)[C@H](O)CO[C@@H]1O[C@H](CO)[C@H](O)[C@H](O)[C@H]1O. The number of ether oxygens (including phenoxy) is 6. The van der Waals surface area contributed by atoms with E-state index in [4.69, 9.17) is 28.4 Å². The van der Waals surface area contributed by atoms with Crippen LogP contribution in [-0.4, -0.2) is 215 Å². The van der Waals surface area contributed by atoms with Gasteiger partial charge in [0.2, 0.25) is 5.91 Å². The van der Waals surface area contributed by atoms with Gasteiger partial charge in [-0.3, -0.25) is 4.79 Å². The highest BCUT2D eigenvalue weighted by Gasteiger charge is 2.52. The number of aliphatic hydroxyl groups excluding tert-OH is 13. The van der Waals surface area contributed by atoms with Gasteiger partial charge in [0.1, 0.15) is 85.5 Å². The number of aliphatic hydroxyl groups is 13. The molecule has 0 aromatic carbocycles. The van der Waals surface area contributed by atoms with Gasteiger partial charge in [-0.2, -0.15) is 0 Å². The largest absolute Gasteiger partial charge is 0.394 e. The number of carbonyl (C=O) groups excluding carboxylic acids is 1. The number of hydrogen-bond donors (Lipinski definition) is 14. The Hall–Kier alpha value is -1.29. The van der Waals surface area contributed by atoms with Crippen LogP contribution in [0.4, 0.5) is 0 Å². The van der Waals surface area contributed by atoms with E-state index in [0.717, 1.165) is 6.92 Å². The summed E-state index contributed by atoms with van der Waals surface area (Å²) in [7, 11) is 0. The van der Waals surface area contributed by atoms with E-state index in [1.54, 1.807) is 0 Å². The van der Waals surface area contributed by atoms with Crippen molar-refractivity contribution < 1.29 is 99.6 Å². The molecule has 0 aliphatic carbocycles. The van der Waals surface area contributed by atoms with Crippen molar-refractivity contribution in [1.82, 2.24) is 5.32 Å². The zero-order valence-corrected chi connectivity index (χ0v) is 25.5. The number of nitrogens with one attached hydrogen (secondary N) is 1. The lowest BCUT2D eigenvalue weighted by Crippen LogP contribution is -2.66. The number of carbonyl (C=O) groups is 1. The van der Waals surface area contributed by atoms with Crippen molar-refractivity contribution >= 4 is 5.91 Å². The van der Waals surface area contributed by atoms with E-state index in [0.29, 0.717) is 0 Å². The van der Waals surface area contributed by atoms with E-state index in [9.17, 15) is 71.2 Å². The Morgan fingerprint density at radius 1 is 0.723 bits per heavy atom. The molecule has 0 unspecified atom stereocenters. The van der Waals surface area contributed by atoms with Crippen molar-refractivity contribution in [1.29, 1.82) is 0 Å². The minimum absolute atomic E-state index is 0.738. The summed E-state index contributed by atoms with van der Waals surface area (Å²) in [4.78, 5) is 11.9. The first-order valence-corrected chi connectivity index (χ1v) is 14.9. The summed E-state index contributed by atoms with van der Waals surface area (Å²) >= 11 is 0. The number of amides is 1. The highest BCUT2D eigenvalue weighted by atomic mass is 16.8. The number of hydrogen-bond acceptors (Lipinski definition) is 20. The van der Waals surface area contributed by atoms with Gasteiger partial charge in [0.05, 0.1) is 38.6 Å². The molecule has 1 amide bonds. The molecule has 0 radical (unpaired) electrons. The van der Waals surface area contributed by atoms with Crippen LogP contribution in [0.5, 0.6) is 0 Å². The van der Waals surface area contributed by atoms with Crippen molar-refractivity contribution in [2.45, 2.75) is 130 Å². The molecule has 0 bridgehead atoms. The van der Waals surface area contributed by atoms with Gasteiger partial charge in [0.25, 0.3) is 0 Å². The fourth-order valence-corrected chi connectivity index (χ4v) is 5.37. The molecule has 0 aromatic heterocycles. The molecule has 3 heterocycles. The maximum atomic E-state index is 11.9. The quantitative estimate of drug-likeness (QED) is 0.0803. The molecule has 3 fully saturated rings. The maximum Gasteiger partial charge on any atom is 0.217 e. The summed E-state index contributed by atoms with van der Waals surface area (Å²) < 4.78 is 32.9. The van der Waals surface area contributed by atoms with Crippen LogP contribution in [-0.2, 0) is 33.2 Å². The Bertz CT molecular complexity index is 965. The van der Waals surface area contributed by atoms with Crippen LogP contribution in [0.15, 0.2) is 0 Å². The summed E-state index contributed by atoms with van der Waals surface area (Å²) in [6.07, 6.45) is -31.6. The normalized spacial score (nSPS) is 43.9. The first-order chi connectivity index (χ1) is 22.1.